The molecule has 4 heteroatoms. The first kappa shape index (κ1) is 14.5. The average molecular weight is 242 g/mol. The summed E-state index contributed by atoms with van der Waals surface area (Å²) in [5.74, 6) is 0.643. The third kappa shape index (κ3) is 5.04. The van der Waals surface area contributed by atoms with Crippen molar-refractivity contribution in [1.29, 1.82) is 0 Å². The van der Waals surface area contributed by atoms with Gasteiger partial charge in [-0.05, 0) is 25.2 Å². The molecule has 0 radical (unpaired) electrons. The minimum Gasteiger partial charge on any atom is -0.378 e. The quantitative estimate of drug-likeness (QED) is 0.765. The fourth-order valence-corrected chi connectivity index (χ4v) is 1.96. The molecule has 100 valence electrons. The second-order valence-corrected chi connectivity index (χ2v) is 5.35. The summed E-state index contributed by atoms with van der Waals surface area (Å²) in [7, 11) is 1.85. The Balaban J connectivity index is 2.21. The molecule has 1 rings (SSSR count). The summed E-state index contributed by atoms with van der Waals surface area (Å²) in [6.45, 7) is 5.77. The highest BCUT2D eigenvalue weighted by Gasteiger charge is 2.21. The van der Waals surface area contributed by atoms with Gasteiger partial charge in [-0.1, -0.05) is 13.8 Å². The summed E-state index contributed by atoms with van der Waals surface area (Å²) in [6.07, 6.45) is 3.63. The molecule has 0 bridgehead atoms. The summed E-state index contributed by atoms with van der Waals surface area (Å²) in [5.41, 5.74) is 5.97. The van der Waals surface area contributed by atoms with Crippen molar-refractivity contribution >= 4 is 5.91 Å². The van der Waals surface area contributed by atoms with E-state index in [2.05, 4.69) is 13.8 Å². The highest BCUT2D eigenvalue weighted by atomic mass is 16.5. The van der Waals surface area contributed by atoms with Crippen molar-refractivity contribution in [2.24, 2.45) is 11.7 Å². The molecule has 0 aromatic carbocycles. The lowest BCUT2D eigenvalue weighted by atomic mass is 10.0. The minimum absolute atomic E-state index is 0.142. The molecule has 2 atom stereocenters. The van der Waals surface area contributed by atoms with Crippen LogP contribution in [0.4, 0.5) is 0 Å². The maximum Gasteiger partial charge on any atom is 0.224 e. The van der Waals surface area contributed by atoms with E-state index in [-0.39, 0.29) is 18.1 Å². The molecule has 1 aliphatic rings. The maximum absolute atomic E-state index is 11.9. The largest absolute Gasteiger partial charge is 0.378 e. The van der Waals surface area contributed by atoms with E-state index < -0.39 is 0 Å². The van der Waals surface area contributed by atoms with Gasteiger partial charge in [-0.2, -0.15) is 0 Å². The Morgan fingerprint density at radius 2 is 2.24 bits per heavy atom. The van der Waals surface area contributed by atoms with Crippen molar-refractivity contribution in [3.8, 4) is 0 Å². The standard InChI is InChI=1S/C13H26N2O2/c1-10(2)12(14)6-7-15(3)13(16)9-11-5-4-8-17-11/h10-12H,4-9,14H2,1-3H3. The molecule has 2 unspecified atom stereocenters. The number of nitrogens with zero attached hydrogens (tertiary/aromatic N) is 1. The van der Waals surface area contributed by atoms with Gasteiger partial charge in [-0.15, -0.1) is 0 Å². The van der Waals surface area contributed by atoms with E-state index in [0.29, 0.717) is 12.3 Å². The minimum atomic E-state index is 0.142. The molecule has 1 fully saturated rings. The van der Waals surface area contributed by atoms with E-state index in [1.807, 2.05) is 7.05 Å². The molecule has 0 aliphatic carbocycles. The molecule has 1 amide bonds. The smallest absolute Gasteiger partial charge is 0.224 e. The third-order valence-electron chi connectivity index (χ3n) is 3.51. The lowest BCUT2D eigenvalue weighted by Gasteiger charge is -2.22. The number of hydrogen-bond donors (Lipinski definition) is 1. The predicted molar refractivity (Wildman–Crippen MR) is 68.7 cm³/mol. The molecule has 1 heterocycles. The van der Waals surface area contributed by atoms with Crippen molar-refractivity contribution in [1.82, 2.24) is 4.90 Å². The first-order chi connectivity index (χ1) is 8.00. The Morgan fingerprint density at radius 1 is 1.53 bits per heavy atom. The second kappa shape index (κ2) is 6.97. The Labute approximate surface area is 104 Å². The summed E-state index contributed by atoms with van der Waals surface area (Å²) in [4.78, 5) is 13.7. The number of rotatable bonds is 6. The fourth-order valence-electron chi connectivity index (χ4n) is 1.96. The first-order valence-electron chi connectivity index (χ1n) is 6.62. The number of hydrogen-bond acceptors (Lipinski definition) is 3. The van der Waals surface area contributed by atoms with Gasteiger partial charge in [-0.25, -0.2) is 0 Å². The van der Waals surface area contributed by atoms with E-state index in [1.165, 1.54) is 0 Å². The van der Waals surface area contributed by atoms with Crippen LogP contribution in [0.3, 0.4) is 0 Å². The zero-order valence-corrected chi connectivity index (χ0v) is 11.3. The lowest BCUT2D eigenvalue weighted by molar-refractivity contribution is -0.132. The van der Waals surface area contributed by atoms with E-state index in [0.717, 1.165) is 32.4 Å². The van der Waals surface area contributed by atoms with E-state index in [4.69, 9.17) is 10.5 Å². The SMILES string of the molecule is CC(C)C(N)CCN(C)C(=O)CC1CCCO1. The lowest BCUT2D eigenvalue weighted by Crippen LogP contribution is -2.35. The van der Waals surface area contributed by atoms with Gasteiger partial charge in [-0.3, -0.25) is 4.79 Å². The second-order valence-electron chi connectivity index (χ2n) is 5.35. The molecule has 0 aromatic rings. The van der Waals surface area contributed by atoms with Crippen molar-refractivity contribution in [3.63, 3.8) is 0 Å². The Kier molecular flexibility index (Phi) is 5.92. The molecule has 1 saturated heterocycles. The number of amides is 1. The number of carbonyl (C=O) groups excluding carboxylic acids is 1. The summed E-state index contributed by atoms with van der Waals surface area (Å²) < 4.78 is 5.47. The van der Waals surface area contributed by atoms with Crippen LogP contribution in [0.25, 0.3) is 0 Å². The molecule has 17 heavy (non-hydrogen) atoms. The van der Waals surface area contributed by atoms with Crippen molar-refractivity contribution in [2.75, 3.05) is 20.2 Å². The Morgan fingerprint density at radius 3 is 2.76 bits per heavy atom. The molecule has 0 spiro atoms. The summed E-state index contributed by atoms with van der Waals surface area (Å²) in [6, 6.07) is 0.174. The molecule has 0 aromatic heterocycles. The maximum atomic E-state index is 11.9. The third-order valence-corrected chi connectivity index (χ3v) is 3.51. The van der Waals surface area contributed by atoms with Crippen LogP contribution in [0.1, 0.15) is 39.5 Å². The average Bonchev–Trinajstić information content (AvgIpc) is 2.77. The number of nitrogens with two attached hydrogens (primary N) is 1. The van der Waals surface area contributed by atoms with Gasteiger partial charge in [0.1, 0.15) is 0 Å². The van der Waals surface area contributed by atoms with Crippen molar-refractivity contribution in [3.05, 3.63) is 0 Å². The van der Waals surface area contributed by atoms with Gasteiger partial charge in [0.25, 0.3) is 0 Å². The van der Waals surface area contributed by atoms with Crippen LogP contribution in [0, 0.1) is 5.92 Å². The Hall–Kier alpha value is -0.610. The van der Waals surface area contributed by atoms with Crippen LogP contribution in [0.2, 0.25) is 0 Å². The van der Waals surface area contributed by atoms with Gasteiger partial charge < -0.3 is 15.4 Å². The number of carbonyl (C=O) groups is 1. The monoisotopic (exact) mass is 242 g/mol. The van der Waals surface area contributed by atoms with Gasteiger partial charge in [0.2, 0.25) is 5.91 Å². The fraction of sp³-hybridized carbons (Fsp3) is 0.923. The van der Waals surface area contributed by atoms with Crippen LogP contribution in [0.15, 0.2) is 0 Å². The Bertz CT molecular complexity index is 238. The van der Waals surface area contributed by atoms with Crippen molar-refractivity contribution in [2.45, 2.75) is 51.7 Å². The van der Waals surface area contributed by atoms with Crippen LogP contribution in [-0.4, -0.2) is 43.2 Å². The highest BCUT2D eigenvalue weighted by Crippen LogP contribution is 2.16. The normalized spacial score (nSPS) is 21.8. The van der Waals surface area contributed by atoms with Crippen LogP contribution in [0.5, 0.6) is 0 Å². The molecule has 4 nitrogen and oxygen atoms in total. The zero-order chi connectivity index (χ0) is 12.8. The van der Waals surface area contributed by atoms with E-state index in [1.54, 1.807) is 4.90 Å². The van der Waals surface area contributed by atoms with Gasteiger partial charge in [0.05, 0.1) is 12.5 Å². The molecular weight excluding hydrogens is 216 g/mol. The first-order valence-corrected chi connectivity index (χ1v) is 6.62. The van der Waals surface area contributed by atoms with Crippen LogP contribution < -0.4 is 5.73 Å². The topological polar surface area (TPSA) is 55.6 Å². The molecular formula is C13H26N2O2. The zero-order valence-electron chi connectivity index (χ0n) is 11.3. The van der Waals surface area contributed by atoms with E-state index >= 15 is 0 Å². The highest BCUT2D eigenvalue weighted by molar-refractivity contribution is 5.76. The molecule has 2 N–H and O–H groups in total. The van der Waals surface area contributed by atoms with Crippen LogP contribution in [-0.2, 0) is 9.53 Å². The van der Waals surface area contributed by atoms with Gasteiger partial charge in [0, 0.05) is 26.2 Å². The molecule has 1 aliphatic heterocycles. The number of ether oxygens (including phenoxy) is 1. The van der Waals surface area contributed by atoms with E-state index in [9.17, 15) is 4.79 Å². The van der Waals surface area contributed by atoms with Crippen LogP contribution >= 0.6 is 0 Å². The summed E-state index contributed by atoms with van der Waals surface area (Å²) >= 11 is 0. The van der Waals surface area contributed by atoms with Crippen molar-refractivity contribution < 1.29 is 9.53 Å². The molecule has 0 saturated carbocycles. The van der Waals surface area contributed by atoms with Gasteiger partial charge >= 0.3 is 0 Å². The predicted octanol–water partition coefficient (Wildman–Crippen LogP) is 1.39. The van der Waals surface area contributed by atoms with Gasteiger partial charge in [0.15, 0.2) is 0 Å². The summed E-state index contributed by atoms with van der Waals surface area (Å²) in [5, 5.41) is 0.